The fourth-order valence-electron chi connectivity index (χ4n) is 3.43. The molecule has 0 unspecified atom stereocenters. The Morgan fingerprint density at radius 2 is 1.71 bits per heavy atom. The number of halogens is 3. The summed E-state index contributed by atoms with van der Waals surface area (Å²) in [4.78, 5) is 8.26. The van der Waals surface area contributed by atoms with Crippen LogP contribution in [0.3, 0.4) is 0 Å². The average molecular weight is 464 g/mol. The Bertz CT molecular complexity index is 1380. The molecule has 4 rings (SSSR count). The maximum Gasteiger partial charge on any atom is 0.416 e. The number of pyridine rings is 1. The van der Waals surface area contributed by atoms with Crippen molar-refractivity contribution in [1.29, 1.82) is 0 Å². The minimum atomic E-state index is -4.42. The Morgan fingerprint density at radius 3 is 2.35 bits per heavy atom. The monoisotopic (exact) mass is 463 g/mol. The van der Waals surface area contributed by atoms with Gasteiger partial charge in [-0.3, -0.25) is 9.71 Å². The van der Waals surface area contributed by atoms with E-state index in [0.29, 0.717) is 33.2 Å². The van der Waals surface area contributed by atoms with E-state index in [1.54, 1.807) is 25.3 Å². The number of aryl methyl sites for hydroxylation is 2. The number of rotatable bonds is 4. The largest absolute Gasteiger partial charge is 0.416 e. The van der Waals surface area contributed by atoms with Crippen molar-refractivity contribution < 1.29 is 21.6 Å². The number of hydrogen-bond donors (Lipinski definition) is 1. The Hall–Kier alpha value is -2.98. The molecule has 0 saturated carbocycles. The van der Waals surface area contributed by atoms with Gasteiger partial charge in [0.15, 0.2) is 5.13 Å². The first-order valence-electron chi connectivity index (χ1n) is 9.06. The van der Waals surface area contributed by atoms with Crippen molar-refractivity contribution in [2.45, 2.75) is 24.9 Å². The molecule has 4 aromatic rings. The Balaban J connectivity index is 1.83. The molecule has 1 N–H and O–H groups in total. The van der Waals surface area contributed by atoms with Gasteiger partial charge in [-0.25, -0.2) is 13.4 Å². The summed E-state index contributed by atoms with van der Waals surface area (Å²) in [6.45, 7) is 3.36. The standard InChI is InChI=1S/C21H16F3N3O2S2/c1-12-9-14(21(22,23)24)3-4-16(12)17-5-6-25-18-11-15(10-13(2)19(17)18)31(28,29)27-20-26-7-8-30-20/h3-11H,1-2H3,(H,26,27). The molecule has 2 heterocycles. The Labute approximate surface area is 180 Å². The first-order valence-corrected chi connectivity index (χ1v) is 11.4. The van der Waals surface area contributed by atoms with Crippen LogP contribution in [0, 0.1) is 13.8 Å². The molecule has 160 valence electrons. The van der Waals surface area contributed by atoms with Gasteiger partial charge in [0.25, 0.3) is 10.0 Å². The highest BCUT2D eigenvalue weighted by Crippen LogP contribution is 2.37. The highest BCUT2D eigenvalue weighted by molar-refractivity contribution is 7.93. The maximum absolute atomic E-state index is 13.0. The fourth-order valence-corrected chi connectivity index (χ4v) is 5.33. The van der Waals surface area contributed by atoms with Crippen molar-refractivity contribution in [3.05, 3.63) is 70.9 Å². The molecule has 31 heavy (non-hydrogen) atoms. The highest BCUT2D eigenvalue weighted by Gasteiger charge is 2.30. The van der Waals surface area contributed by atoms with Crippen LogP contribution in [0.4, 0.5) is 18.3 Å². The van der Waals surface area contributed by atoms with Crippen LogP contribution in [0.2, 0.25) is 0 Å². The third-order valence-electron chi connectivity index (χ3n) is 4.82. The van der Waals surface area contributed by atoms with Crippen LogP contribution in [-0.4, -0.2) is 18.4 Å². The zero-order chi connectivity index (χ0) is 22.4. The maximum atomic E-state index is 13.0. The van der Waals surface area contributed by atoms with Gasteiger partial charge in [-0.1, -0.05) is 6.07 Å². The van der Waals surface area contributed by atoms with E-state index < -0.39 is 21.8 Å². The van der Waals surface area contributed by atoms with E-state index in [9.17, 15) is 21.6 Å². The zero-order valence-corrected chi connectivity index (χ0v) is 18.0. The third-order valence-corrected chi connectivity index (χ3v) is 6.96. The van der Waals surface area contributed by atoms with Gasteiger partial charge in [-0.15, -0.1) is 11.3 Å². The van der Waals surface area contributed by atoms with E-state index in [1.807, 2.05) is 0 Å². The quantitative estimate of drug-likeness (QED) is 0.416. The Morgan fingerprint density at radius 1 is 0.935 bits per heavy atom. The summed E-state index contributed by atoms with van der Waals surface area (Å²) in [5.74, 6) is 0. The summed E-state index contributed by atoms with van der Waals surface area (Å²) in [5.41, 5.74) is 2.12. The summed E-state index contributed by atoms with van der Waals surface area (Å²) in [6.07, 6.45) is -1.42. The molecule has 0 bridgehead atoms. The van der Waals surface area contributed by atoms with Gasteiger partial charge in [0.05, 0.1) is 16.0 Å². The lowest BCUT2D eigenvalue weighted by molar-refractivity contribution is -0.137. The Kier molecular flexibility index (Phi) is 5.22. The predicted molar refractivity (Wildman–Crippen MR) is 115 cm³/mol. The lowest BCUT2D eigenvalue weighted by atomic mass is 9.94. The number of aromatic nitrogens is 2. The van der Waals surface area contributed by atoms with E-state index in [-0.39, 0.29) is 10.0 Å². The van der Waals surface area contributed by atoms with Gasteiger partial charge < -0.3 is 0 Å². The second-order valence-electron chi connectivity index (χ2n) is 6.96. The van der Waals surface area contributed by atoms with Gasteiger partial charge >= 0.3 is 6.18 Å². The van der Waals surface area contributed by atoms with Crippen molar-refractivity contribution in [3.63, 3.8) is 0 Å². The van der Waals surface area contributed by atoms with E-state index in [1.165, 1.54) is 30.6 Å². The van der Waals surface area contributed by atoms with Crippen LogP contribution in [0.5, 0.6) is 0 Å². The van der Waals surface area contributed by atoms with Crippen molar-refractivity contribution in [2.24, 2.45) is 0 Å². The van der Waals surface area contributed by atoms with Gasteiger partial charge in [-0.05, 0) is 66.4 Å². The van der Waals surface area contributed by atoms with Crippen molar-refractivity contribution in [1.82, 2.24) is 9.97 Å². The van der Waals surface area contributed by atoms with Crippen LogP contribution in [-0.2, 0) is 16.2 Å². The molecule has 0 saturated heterocycles. The predicted octanol–water partition coefficient (Wildman–Crippen LogP) is 5.79. The van der Waals surface area contributed by atoms with Crippen LogP contribution < -0.4 is 4.72 Å². The fraction of sp³-hybridized carbons (Fsp3) is 0.143. The summed E-state index contributed by atoms with van der Waals surface area (Å²) in [6, 6.07) is 8.26. The number of thiazole rings is 1. The molecular formula is C21H16F3N3O2S2. The highest BCUT2D eigenvalue weighted by atomic mass is 32.2. The van der Waals surface area contributed by atoms with Crippen molar-refractivity contribution in [2.75, 3.05) is 4.72 Å². The minimum absolute atomic E-state index is 0.0292. The van der Waals surface area contributed by atoms with Crippen LogP contribution in [0.1, 0.15) is 16.7 Å². The molecule has 0 aliphatic carbocycles. The zero-order valence-electron chi connectivity index (χ0n) is 16.4. The topological polar surface area (TPSA) is 72.0 Å². The van der Waals surface area contributed by atoms with Gasteiger partial charge in [0.1, 0.15) is 0 Å². The van der Waals surface area contributed by atoms with E-state index in [2.05, 4.69) is 14.7 Å². The average Bonchev–Trinajstić information content (AvgIpc) is 3.19. The number of alkyl halides is 3. The molecule has 2 aromatic heterocycles. The van der Waals surface area contributed by atoms with Crippen LogP contribution in [0.25, 0.3) is 22.0 Å². The second-order valence-corrected chi connectivity index (χ2v) is 9.54. The third kappa shape index (κ3) is 4.13. The number of nitrogens with zero attached hydrogens (tertiary/aromatic N) is 2. The smallest absolute Gasteiger partial charge is 0.256 e. The van der Waals surface area contributed by atoms with Gasteiger partial charge in [0.2, 0.25) is 0 Å². The van der Waals surface area contributed by atoms with Crippen LogP contribution in [0.15, 0.2) is 59.1 Å². The molecule has 0 aliphatic rings. The van der Waals surface area contributed by atoms with Crippen LogP contribution >= 0.6 is 11.3 Å². The molecular weight excluding hydrogens is 447 g/mol. The molecule has 0 aliphatic heterocycles. The molecule has 0 amide bonds. The summed E-state index contributed by atoms with van der Waals surface area (Å²) < 4.78 is 67.0. The first-order chi connectivity index (χ1) is 14.6. The number of sulfonamides is 1. The summed E-state index contributed by atoms with van der Waals surface area (Å²) in [5, 5.41) is 2.59. The van der Waals surface area contributed by atoms with E-state index in [4.69, 9.17) is 0 Å². The normalized spacial score (nSPS) is 12.3. The molecule has 0 fully saturated rings. The first kappa shape index (κ1) is 21.3. The molecule has 10 heteroatoms. The molecule has 2 aromatic carbocycles. The lowest BCUT2D eigenvalue weighted by Gasteiger charge is -2.15. The second kappa shape index (κ2) is 7.61. The molecule has 0 radical (unpaired) electrons. The number of nitrogens with one attached hydrogen (secondary N) is 1. The molecule has 0 atom stereocenters. The molecule has 0 spiro atoms. The SMILES string of the molecule is Cc1cc(C(F)(F)F)ccc1-c1ccnc2cc(S(=O)(=O)Nc3nccs3)cc(C)c12. The van der Waals surface area contributed by atoms with E-state index >= 15 is 0 Å². The van der Waals surface area contributed by atoms with Gasteiger partial charge in [0, 0.05) is 23.2 Å². The van der Waals surface area contributed by atoms with Gasteiger partial charge in [-0.2, -0.15) is 13.2 Å². The number of hydrogen-bond acceptors (Lipinski definition) is 5. The van der Waals surface area contributed by atoms with E-state index in [0.717, 1.165) is 23.5 Å². The number of fused-ring (bicyclic) bond motifs is 1. The summed E-state index contributed by atoms with van der Waals surface area (Å²) >= 11 is 1.16. The summed E-state index contributed by atoms with van der Waals surface area (Å²) in [7, 11) is -3.87. The number of benzene rings is 2. The number of anilines is 1. The lowest BCUT2D eigenvalue weighted by Crippen LogP contribution is -2.13. The molecule has 5 nitrogen and oxygen atoms in total. The van der Waals surface area contributed by atoms with Crippen molar-refractivity contribution >= 4 is 37.4 Å². The minimum Gasteiger partial charge on any atom is -0.256 e. The van der Waals surface area contributed by atoms with Crippen molar-refractivity contribution in [3.8, 4) is 11.1 Å².